The fourth-order valence-corrected chi connectivity index (χ4v) is 5.71. The van der Waals surface area contributed by atoms with E-state index in [-0.39, 0.29) is 17.1 Å². The smallest absolute Gasteiger partial charge is 0.224 e. The van der Waals surface area contributed by atoms with Crippen LogP contribution in [0.5, 0.6) is 0 Å². The first kappa shape index (κ1) is 22.5. The first-order chi connectivity index (χ1) is 16.0. The summed E-state index contributed by atoms with van der Waals surface area (Å²) in [5, 5.41) is 5.73. The van der Waals surface area contributed by atoms with Gasteiger partial charge in [-0.1, -0.05) is 15.9 Å². The number of benzene rings is 2. The quantitative estimate of drug-likeness (QED) is 0.268. The summed E-state index contributed by atoms with van der Waals surface area (Å²) < 4.78 is 14.8. The lowest BCUT2D eigenvalue weighted by molar-refractivity contribution is 0.302. The van der Waals surface area contributed by atoms with Gasteiger partial charge in [-0.25, -0.2) is 14.4 Å². The number of anilines is 1. The number of hydrogen-bond donors (Lipinski definition) is 1. The molecule has 1 aliphatic rings. The molecule has 1 unspecified atom stereocenters. The van der Waals surface area contributed by atoms with Crippen molar-refractivity contribution in [1.29, 1.82) is 0 Å². The summed E-state index contributed by atoms with van der Waals surface area (Å²) in [6.45, 7) is 2.20. The lowest BCUT2D eigenvalue weighted by Gasteiger charge is -2.31. The van der Waals surface area contributed by atoms with Crippen LogP contribution in [0.1, 0.15) is 50.5 Å². The number of nitrogens with zero attached hydrogens (tertiary/aromatic N) is 3. The van der Waals surface area contributed by atoms with Crippen LogP contribution in [0.25, 0.3) is 21.8 Å². The summed E-state index contributed by atoms with van der Waals surface area (Å²) in [4.78, 5) is 13.2. The van der Waals surface area contributed by atoms with Gasteiger partial charge in [0.2, 0.25) is 5.28 Å². The molecule has 5 rings (SSSR count). The van der Waals surface area contributed by atoms with E-state index in [2.05, 4.69) is 49.2 Å². The summed E-state index contributed by atoms with van der Waals surface area (Å²) in [5.74, 6) is 1.69. The van der Waals surface area contributed by atoms with E-state index in [1.807, 2.05) is 24.4 Å². The molecular weight excluding hydrogens is 503 g/mol. The fourth-order valence-electron chi connectivity index (χ4n) is 5.18. The van der Waals surface area contributed by atoms with Crippen LogP contribution < -0.4 is 5.32 Å². The van der Waals surface area contributed by atoms with E-state index in [1.54, 1.807) is 12.1 Å². The van der Waals surface area contributed by atoms with Crippen LogP contribution in [0.3, 0.4) is 0 Å². The predicted octanol–water partition coefficient (Wildman–Crippen LogP) is 7.90. The van der Waals surface area contributed by atoms with Crippen molar-refractivity contribution in [2.45, 2.75) is 51.0 Å². The molecule has 7 heteroatoms. The van der Waals surface area contributed by atoms with Gasteiger partial charge in [-0.3, -0.25) is 4.98 Å². The molecule has 4 nitrogen and oxygen atoms in total. The molecule has 0 saturated heterocycles. The van der Waals surface area contributed by atoms with Crippen molar-refractivity contribution < 1.29 is 4.39 Å². The second kappa shape index (κ2) is 9.51. The highest BCUT2D eigenvalue weighted by Crippen LogP contribution is 2.40. The lowest BCUT2D eigenvalue weighted by Crippen LogP contribution is -2.23. The maximum absolute atomic E-state index is 13.9. The van der Waals surface area contributed by atoms with Gasteiger partial charge in [0.1, 0.15) is 11.6 Å². The van der Waals surface area contributed by atoms with Crippen LogP contribution in [0.4, 0.5) is 10.2 Å². The van der Waals surface area contributed by atoms with Crippen molar-refractivity contribution in [3.63, 3.8) is 0 Å². The minimum Gasteiger partial charge on any atom is -0.367 e. The molecule has 1 fully saturated rings. The highest BCUT2D eigenvalue weighted by Gasteiger charge is 2.25. The number of pyridine rings is 1. The average molecular weight is 528 g/mol. The number of halogens is 3. The summed E-state index contributed by atoms with van der Waals surface area (Å²) in [6.07, 6.45) is 7.47. The van der Waals surface area contributed by atoms with Gasteiger partial charge in [0.05, 0.1) is 11.0 Å². The van der Waals surface area contributed by atoms with Crippen molar-refractivity contribution >= 4 is 55.2 Å². The third-order valence-corrected chi connectivity index (χ3v) is 7.39. The van der Waals surface area contributed by atoms with Crippen molar-refractivity contribution in [3.8, 4) is 0 Å². The van der Waals surface area contributed by atoms with Gasteiger partial charge in [0, 0.05) is 27.5 Å². The molecule has 170 valence electrons. The number of aromatic nitrogens is 3. The molecule has 1 N–H and O–H groups in total. The van der Waals surface area contributed by atoms with Gasteiger partial charge in [-0.2, -0.15) is 0 Å². The fraction of sp³-hybridized carbons (Fsp3) is 0.346. The molecule has 0 bridgehead atoms. The third kappa shape index (κ3) is 4.97. The Morgan fingerprint density at radius 2 is 1.85 bits per heavy atom. The lowest BCUT2D eigenvalue weighted by atomic mass is 9.76. The van der Waals surface area contributed by atoms with Gasteiger partial charge in [0.25, 0.3) is 0 Å². The van der Waals surface area contributed by atoms with Crippen LogP contribution >= 0.6 is 27.5 Å². The topological polar surface area (TPSA) is 50.7 Å². The largest absolute Gasteiger partial charge is 0.367 e. The highest BCUT2D eigenvalue weighted by atomic mass is 79.9. The Bertz CT molecular complexity index is 1300. The molecule has 4 aromatic rings. The highest BCUT2D eigenvalue weighted by molar-refractivity contribution is 9.10. The zero-order valence-electron chi connectivity index (χ0n) is 18.4. The van der Waals surface area contributed by atoms with E-state index in [1.165, 1.54) is 11.6 Å². The van der Waals surface area contributed by atoms with Crippen molar-refractivity contribution in [2.24, 2.45) is 5.92 Å². The Kier molecular flexibility index (Phi) is 6.48. The Morgan fingerprint density at radius 3 is 2.67 bits per heavy atom. The van der Waals surface area contributed by atoms with Crippen molar-refractivity contribution in [3.05, 3.63) is 69.8 Å². The monoisotopic (exact) mass is 526 g/mol. The molecular formula is C26H25BrClFN4. The molecule has 1 atom stereocenters. The molecule has 0 aliphatic heterocycles. The zero-order chi connectivity index (χ0) is 22.9. The van der Waals surface area contributed by atoms with Crippen LogP contribution in [-0.4, -0.2) is 21.0 Å². The van der Waals surface area contributed by atoms with Crippen molar-refractivity contribution in [2.75, 3.05) is 5.32 Å². The minimum absolute atomic E-state index is 0.199. The average Bonchev–Trinajstić information content (AvgIpc) is 2.78. The Labute approximate surface area is 206 Å². The van der Waals surface area contributed by atoms with E-state index >= 15 is 0 Å². The van der Waals surface area contributed by atoms with E-state index in [0.29, 0.717) is 11.8 Å². The number of fused-ring (bicyclic) bond motifs is 2. The Hall–Kier alpha value is -2.31. The molecule has 1 saturated carbocycles. The zero-order valence-corrected chi connectivity index (χ0v) is 20.7. The van der Waals surface area contributed by atoms with Gasteiger partial charge in [0.15, 0.2) is 0 Å². The third-order valence-electron chi connectivity index (χ3n) is 6.73. The standard InChI is InChI=1S/C26H25BrClFN4/c1-15(31-25-21-8-6-18(27)13-24(21)32-26(28)33-25)12-16-2-4-17(5-3-16)20-10-11-30-23-9-7-19(29)14-22(20)23/h6-11,13-17H,2-5,12H2,1H3,(H,31,32,33). The molecule has 0 radical (unpaired) electrons. The first-order valence-corrected chi connectivity index (χ1v) is 12.6. The van der Waals surface area contributed by atoms with Crippen LogP contribution in [-0.2, 0) is 0 Å². The number of nitrogens with one attached hydrogen (secondary N) is 1. The second-order valence-corrected chi connectivity index (χ2v) is 10.3. The van der Waals surface area contributed by atoms with Gasteiger partial charge in [-0.15, -0.1) is 0 Å². The van der Waals surface area contributed by atoms with E-state index in [0.717, 1.165) is 64.2 Å². The van der Waals surface area contributed by atoms with E-state index in [9.17, 15) is 4.39 Å². The molecule has 2 heterocycles. The summed E-state index contributed by atoms with van der Waals surface area (Å²) in [7, 11) is 0. The number of hydrogen-bond acceptors (Lipinski definition) is 4. The van der Waals surface area contributed by atoms with Gasteiger partial charge < -0.3 is 5.32 Å². The maximum atomic E-state index is 13.9. The second-order valence-electron chi connectivity index (χ2n) is 9.06. The maximum Gasteiger partial charge on any atom is 0.224 e. The predicted molar refractivity (Wildman–Crippen MR) is 136 cm³/mol. The molecule has 0 amide bonds. The molecule has 33 heavy (non-hydrogen) atoms. The van der Waals surface area contributed by atoms with Gasteiger partial charge >= 0.3 is 0 Å². The van der Waals surface area contributed by atoms with Crippen molar-refractivity contribution in [1.82, 2.24) is 15.0 Å². The van der Waals surface area contributed by atoms with Crippen LogP contribution in [0.15, 0.2) is 53.1 Å². The molecule has 2 aromatic carbocycles. The SMILES string of the molecule is CC(CC1CCC(c2ccnc3ccc(F)cc23)CC1)Nc1nc(Cl)nc2cc(Br)ccc12. The summed E-state index contributed by atoms with van der Waals surface area (Å²) in [6, 6.07) is 13.2. The molecule has 1 aliphatic carbocycles. The minimum atomic E-state index is -0.199. The Balaban J connectivity index is 1.24. The normalized spacial score (nSPS) is 19.6. The Morgan fingerprint density at radius 1 is 1.03 bits per heavy atom. The molecule has 2 aromatic heterocycles. The van der Waals surface area contributed by atoms with Crippen LogP contribution in [0, 0.1) is 11.7 Å². The van der Waals surface area contributed by atoms with E-state index < -0.39 is 0 Å². The first-order valence-electron chi connectivity index (χ1n) is 11.4. The van der Waals surface area contributed by atoms with E-state index in [4.69, 9.17) is 11.6 Å². The number of rotatable bonds is 5. The van der Waals surface area contributed by atoms with Crippen LogP contribution in [0.2, 0.25) is 5.28 Å². The van der Waals surface area contributed by atoms with Gasteiger partial charge in [-0.05, 0) is 110 Å². The summed E-state index contributed by atoms with van der Waals surface area (Å²) in [5.41, 5.74) is 2.93. The molecule has 0 spiro atoms. The summed E-state index contributed by atoms with van der Waals surface area (Å²) >= 11 is 9.66.